The molecule has 0 bridgehead atoms. The number of carbonyl (C=O) groups is 1. The Kier molecular flexibility index (Phi) is 2.54. The third kappa shape index (κ3) is 1.48. The number of allylic oxidation sites excluding steroid dienone is 1. The first-order chi connectivity index (χ1) is 10.4. The molecule has 0 aromatic rings. The summed E-state index contributed by atoms with van der Waals surface area (Å²) in [5.74, 6) is 3.90. The molecule has 0 saturated heterocycles. The van der Waals surface area contributed by atoms with Crippen LogP contribution in [0, 0.1) is 40.4 Å². The van der Waals surface area contributed by atoms with Gasteiger partial charge in [0, 0.05) is 11.3 Å². The molecular weight excluding hydrogens is 272 g/mol. The summed E-state index contributed by atoms with van der Waals surface area (Å²) in [5, 5.41) is 10.0. The van der Waals surface area contributed by atoms with E-state index in [9.17, 15) is 9.90 Å². The van der Waals surface area contributed by atoms with Crippen LogP contribution in [0.2, 0.25) is 0 Å². The van der Waals surface area contributed by atoms with Gasteiger partial charge >= 0.3 is 0 Å². The van der Waals surface area contributed by atoms with Crippen molar-refractivity contribution in [1.29, 1.82) is 0 Å². The maximum absolute atomic E-state index is 12.7. The monoisotopic (exact) mass is 300 g/mol. The van der Waals surface area contributed by atoms with Gasteiger partial charge in [0.1, 0.15) is 5.78 Å². The first-order valence-corrected chi connectivity index (χ1v) is 9.37. The van der Waals surface area contributed by atoms with Gasteiger partial charge in [0.05, 0.1) is 6.10 Å². The lowest BCUT2D eigenvalue weighted by molar-refractivity contribution is -0.135. The van der Waals surface area contributed by atoms with Crippen LogP contribution in [-0.2, 0) is 4.79 Å². The molecule has 8 atom stereocenters. The molecule has 0 spiro atoms. The largest absolute Gasteiger partial charge is 0.393 e. The van der Waals surface area contributed by atoms with E-state index in [2.05, 4.69) is 19.9 Å². The van der Waals surface area contributed by atoms with E-state index >= 15 is 0 Å². The van der Waals surface area contributed by atoms with Gasteiger partial charge < -0.3 is 5.11 Å². The standard InChI is InChI=1S/C20H28O2/c1-19-7-5-12(21)9-11(19)3-4-13-16(19)6-8-20(2)17(13)14-10-15(14)18(20)22/h3,12-17,21H,4-10H2,1-2H3/t12?,13?,14-,15+,16?,17?,19+,20+/m1/s1. The van der Waals surface area contributed by atoms with E-state index in [1.807, 2.05) is 0 Å². The summed E-state index contributed by atoms with van der Waals surface area (Å²) < 4.78 is 0. The molecule has 0 aliphatic heterocycles. The number of aliphatic hydroxyl groups is 1. The summed E-state index contributed by atoms with van der Waals surface area (Å²) >= 11 is 0. The van der Waals surface area contributed by atoms with Crippen molar-refractivity contribution in [2.75, 3.05) is 0 Å². The van der Waals surface area contributed by atoms with Crippen molar-refractivity contribution < 1.29 is 9.90 Å². The Balaban J connectivity index is 1.54. The van der Waals surface area contributed by atoms with Crippen LogP contribution >= 0.6 is 0 Å². The molecule has 0 aromatic carbocycles. The van der Waals surface area contributed by atoms with E-state index in [1.54, 1.807) is 0 Å². The third-order valence-electron chi connectivity index (χ3n) is 8.53. The van der Waals surface area contributed by atoms with Crippen molar-refractivity contribution in [3.8, 4) is 0 Å². The Labute approximate surface area is 133 Å². The molecule has 5 rings (SSSR count). The Morgan fingerprint density at radius 3 is 2.73 bits per heavy atom. The molecule has 2 heteroatoms. The molecule has 2 nitrogen and oxygen atoms in total. The maximum Gasteiger partial charge on any atom is 0.142 e. The topological polar surface area (TPSA) is 37.3 Å². The van der Waals surface area contributed by atoms with Gasteiger partial charge in [0.25, 0.3) is 0 Å². The number of fused-ring (bicyclic) bond motifs is 7. The number of Topliss-reactive ketones (excluding diaryl/α,β-unsaturated/α-hetero) is 1. The molecule has 1 N–H and O–H groups in total. The number of ketones is 1. The van der Waals surface area contributed by atoms with Gasteiger partial charge in [-0.25, -0.2) is 0 Å². The lowest BCUT2D eigenvalue weighted by Gasteiger charge is -2.57. The quantitative estimate of drug-likeness (QED) is 0.692. The predicted octanol–water partition coefficient (Wildman–Crippen LogP) is 3.74. The SMILES string of the molecule is C[C@]12CCC(O)CC1=CCC1C2CC[C@]2(C)C(=O)[C@H]3C[C@H]3C12. The van der Waals surface area contributed by atoms with Crippen molar-refractivity contribution in [3.63, 3.8) is 0 Å². The van der Waals surface area contributed by atoms with E-state index in [0.717, 1.165) is 43.4 Å². The third-order valence-corrected chi connectivity index (χ3v) is 8.53. The molecule has 5 aliphatic carbocycles. The number of hydrogen-bond acceptors (Lipinski definition) is 2. The summed E-state index contributed by atoms with van der Waals surface area (Å²) in [4.78, 5) is 12.7. The van der Waals surface area contributed by atoms with E-state index in [4.69, 9.17) is 0 Å². The second-order valence-corrected chi connectivity index (χ2v) is 9.40. The molecule has 0 amide bonds. The number of carbonyl (C=O) groups excluding carboxylic acids is 1. The van der Waals surface area contributed by atoms with Gasteiger partial charge in [-0.2, -0.15) is 0 Å². The molecular formula is C20H28O2. The summed E-state index contributed by atoms with van der Waals surface area (Å²) in [5.41, 5.74) is 1.84. The zero-order valence-corrected chi connectivity index (χ0v) is 13.8. The maximum atomic E-state index is 12.7. The zero-order chi connectivity index (χ0) is 15.3. The van der Waals surface area contributed by atoms with Gasteiger partial charge in [0.15, 0.2) is 0 Å². The predicted molar refractivity (Wildman–Crippen MR) is 85.1 cm³/mol. The van der Waals surface area contributed by atoms with E-state index in [0.29, 0.717) is 23.0 Å². The molecule has 4 unspecified atom stereocenters. The molecule has 4 fully saturated rings. The van der Waals surface area contributed by atoms with Gasteiger partial charge in [-0.1, -0.05) is 25.5 Å². The highest BCUT2D eigenvalue weighted by molar-refractivity contribution is 5.92. The summed E-state index contributed by atoms with van der Waals surface area (Å²) in [6.45, 7) is 4.75. The molecule has 0 radical (unpaired) electrons. The smallest absolute Gasteiger partial charge is 0.142 e. The van der Waals surface area contributed by atoms with Crippen LogP contribution in [0.4, 0.5) is 0 Å². The van der Waals surface area contributed by atoms with Crippen molar-refractivity contribution in [3.05, 3.63) is 11.6 Å². The van der Waals surface area contributed by atoms with Crippen LogP contribution in [0.3, 0.4) is 0 Å². The molecule has 0 aromatic heterocycles. The fourth-order valence-electron chi connectivity index (χ4n) is 7.31. The normalized spacial score (nSPS) is 59.0. The molecule has 5 aliphatic rings. The van der Waals surface area contributed by atoms with Crippen LogP contribution < -0.4 is 0 Å². The molecule has 4 saturated carbocycles. The highest BCUT2D eigenvalue weighted by atomic mass is 16.3. The van der Waals surface area contributed by atoms with E-state index < -0.39 is 0 Å². The first kappa shape index (κ1) is 13.8. The zero-order valence-electron chi connectivity index (χ0n) is 13.8. The average Bonchev–Trinajstić information content (AvgIpc) is 3.22. The molecule has 22 heavy (non-hydrogen) atoms. The average molecular weight is 300 g/mol. The fourth-order valence-corrected chi connectivity index (χ4v) is 7.31. The second-order valence-electron chi connectivity index (χ2n) is 9.40. The van der Waals surface area contributed by atoms with Gasteiger partial charge in [-0.15, -0.1) is 0 Å². The Hall–Kier alpha value is -0.630. The second kappa shape index (κ2) is 4.06. The van der Waals surface area contributed by atoms with Gasteiger partial charge in [0.2, 0.25) is 0 Å². The van der Waals surface area contributed by atoms with Gasteiger partial charge in [-0.3, -0.25) is 4.79 Å². The van der Waals surface area contributed by atoms with Crippen molar-refractivity contribution in [2.24, 2.45) is 40.4 Å². The number of hydrogen-bond donors (Lipinski definition) is 1. The van der Waals surface area contributed by atoms with Crippen molar-refractivity contribution >= 4 is 5.78 Å². The van der Waals surface area contributed by atoms with E-state index in [-0.39, 0.29) is 11.5 Å². The fraction of sp³-hybridized carbons (Fsp3) is 0.850. The Morgan fingerprint density at radius 1 is 1.14 bits per heavy atom. The molecule has 120 valence electrons. The van der Waals surface area contributed by atoms with Gasteiger partial charge in [-0.05, 0) is 74.0 Å². The van der Waals surface area contributed by atoms with Crippen molar-refractivity contribution in [1.82, 2.24) is 0 Å². The highest BCUT2D eigenvalue weighted by Crippen LogP contribution is 2.71. The Morgan fingerprint density at radius 2 is 1.91 bits per heavy atom. The first-order valence-electron chi connectivity index (χ1n) is 9.37. The number of aliphatic hydroxyl groups excluding tert-OH is 1. The van der Waals surface area contributed by atoms with Crippen LogP contribution in [0.25, 0.3) is 0 Å². The minimum absolute atomic E-state index is 0.00460. The minimum atomic E-state index is -0.120. The van der Waals surface area contributed by atoms with Crippen molar-refractivity contribution in [2.45, 2.75) is 64.9 Å². The van der Waals surface area contributed by atoms with Crippen LogP contribution in [0.1, 0.15) is 58.8 Å². The summed E-state index contributed by atoms with van der Waals surface area (Å²) in [7, 11) is 0. The Bertz CT molecular complexity index is 578. The summed E-state index contributed by atoms with van der Waals surface area (Å²) in [6, 6.07) is 0. The van der Waals surface area contributed by atoms with Crippen LogP contribution in [0.5, 0.6) is 0 Å². The number of rotatable bonds is 0. The van der Waals surface area contributed by atoms with E-state index in [1.165, 1.54) is 24.8 Å². The van der Waals surface area contributed by atoms with Crippen LogP contribution in [-0.4, -0.2) is 17.0 Å². The highest BCUT2D eigenvalue weighted by Gasteiger charge is 2.70. The lowest BCUT2D eigenvalue weighted by Crippen LogP contribution is -2.51. The van der Waals surface area contributed by atoms with Crippen LogP contribution in [0.15, 0.2) is 11.6 Å². The summed E-state index contributed by atoms with van der Waals surface area (Å²) in [6.07, 6.45) is 10.1. The lowest BCUT2D eigenvalue weighted by atomic mass is 9.47. The minimum Gasteiger partial charge on any atom is -0.393 e. The molecule has 0 heterocycles.